The number of aromatic nitrogens is 3. The van der Waals surface area contributed by atoms with Crippen molar-refractivity contribution in [1.29, 1.82) is 0 Å². The summed E-state index contributed by atoms with van der Waals surface area (Å²) in [5.41, 5.74) is 2.53. The number of hydrogen-bond donors (Lipinski definition) is 2. The molecule has 1 amide bonds. The highest BCUT2D eigenvalue weighted by Crippen LogP contribution is 2.09. The molecule has 1 heterocycles. The molecule has 0 spiro atoms. The van der Waals surface area contributed by atoms with E-state index in [2.05, 4.69) is 32.6 Å². The molecule has 0 unspecified atom stereocenters. The van der Waals surface area contributed by atoms with E-state index in [1.54, 1.807) is 0 Å². The molecule has 0 aliphatic rings. The van der Waals surface area contributed by atoms with E-state index in [1.165, 1.54) is 6.92 Å². The fraction of sp³-hybridized carbons (Fsp3) is 0.250. The number of nitrogens with one attached hydrogen (secondary N) is 2. The topological polar surface area (TPSA) is 70.7 Å². The van der Waals surface area contributed by atoms with Crippen LogP contribution < -0.4 is 5.32 Å². The smallest absolute Gasteiger partial charge is 0.216 e. The van der Waals surface area contributed by atoms with Crippen LogP contribution in [0.25, 0.3) is 11.0 Å². The van der Waals surface area contributed by atoms with Crippen molar-refractivity contribution in [2.24, 2.45) is 0 Å². The van der Waals surface area contributed by atoms with Gasteiger partial charge >= 0.3 is 0 Å². The normalized spacial score (nSPS) is 9.71. The second kappa shape index (κ2) is 5.12. The standard InChI is InChI=1S/C12H12N4O/c1-9(17)13-7-3-2-4-10-5-6-11-12(8-10)15-16-14-11/h5-6,8H,3,7H2,1H3,(H,13,17)(H,14,15,16). The Balaban J connectivity index is 1.98. The molecule has 0 bridgehead atoms. The van der Waals surface area contributed by atoms with Crippen molar-refractivity contribution in [2.45, 2.75) is 13.3 Å². The highest BCUT2D eigenvalue weighted by molar-refractivity contribution is 5.75. The Kier molecular flexibility index (Phi) is 3.36. The molecule has 0 saturated heterocycles. The summed E-state index contributed by atoms with van der Waals surface area (Å²) in [6.07, 6.45) is 0.635. The number of H-pyrrole nitrogens is 1. The molecule has 86 valence electrons. The van der Waals surface area contributed by atoms with Gasteiger partial charge in [-0.3, -0.25) is 4.79 Å². The van der Waals surface area contributed by atoms with Gasteiger partial charge in [0.25, 0.3) is 0 Å². The zero-order valence-electron chi connectivity index (χ0n) is 9.45. The first kappa shape index (κ1) is 11.1. The van der Waals surface area contributed by atoms with Crippen LogP contribution in [-0.4, -0.2) is 27.9 Å². The third-order valence-corrected chi connectivity index (χ3v) is 2.17. The van der Waals surface area contributed by atoms with Gasteiger partial charge in [0.2, 0.25) is 5.91 Å². The van der Waals surface area contributed by atoms with Gasteiger partial charge in [0.1, 0.15) is 11.0 Å². The summed E-state index contributed by atoms with van der Waals surface area (Å²) in [4.78, 5) is 10.6. The molecule has 2 N–H and O–H groups in total. The van der Waals surface area contributed by atoms with E-state index in [9.17, 15) is 4.79 Å². The Labute approximate surface area is 98.6 Å². The third kappa shape index (κ3) is 3.05. The molecule has 1 aromatic heterocycles. The zero-order valence-corrected chi connectivity index (χ0v) is 9.45. The molecule has 0 aliphatic carbocycles. The molecule has 0 saturated carbocycles. The summed E-state index contributed by atoms with van der Waals surface area (Å²) >= 11 is 0. The van der Waals surface area contributed by atoms with Crippen molar-refractivity contribution in [1.82, 2.24) is 20.7 Å². The number of hydrogen-bond acceptors (Lipinski definition) is 3. The molecular weight excluding hydrogens is 216 g/mol. The molecule has 2 rings (SSSR count). The van der Waals surface area contributed by atoms with Crippen LogP contribution in [0.15, 0.2) is 18.2 Å². The molecule has 2 aromatic rings. The third-order valence-electron chi connectivity index (χ3n) is 2.17. The second-order valence-corrected chi connectivity index (χ2v) is 3.56. The van der Waals surface area contributed by atoms with Crippen LogP contribution >= 0.6 is 0 Å². The number of carbonyl (C=O) groups excluding carboxylic acids is 1. The fourth-order valence-corrected chi connectivity index (χ4v) is 1.38. The van der Waals surface area contributed by atoms with Crippen LogP contribution in [0, 0.1) is 11.8 Å². The Morgan fingerprint density at radius 3 is 3.06 bits per heavy atom. The van der Waals surface area contributed by atoms with Gasteiger partial charge in [-0.2, -0.15) is 15.4 Å². The van der Waals surface area contributed by atoms with Gasteiger partial charge in [-0.15, -0.1) is 0 Å². The lowest BCUT2D eigenvalue weighted by molar-refractivity contribution is -0.118. The summed E-state index contributed by atoms with van der Waals surface area (Å²) in [6, 6.07) is 5.65. The maximum absolute atomic E-state index is 10.6. The van der Waals surface area contributed by atoms with Gasteiger partial charge in [0.15, 0.2) is 0 Å². The summed E-state index contributed by atoms with van der Waals surface area (Å²) in [5, 5.41) is 13.2. The number of amides is 1. The van der Waals surface area contributed by atoms with E-state index in [4.69, 9.17) is 0 Å². The predicted molar refractivity (Wildman–Crippen MR) is 64.1 cm³/mol. The Hall–Kier alpha value is -2.35. The minimum absolute atomic E-state index is 0.0317. The molecule has 1 aromatic carbocycles. The summed E-state index contributed by atoms with van der Waals surface area (Å²) in [6.45, 7) is 2.07. The second-order valence-electron chi connectivity index (χ2n) is 3.56. The van der Waals surface area contributed by atoms with Crippen molar-refractivity contribution in [2.75, 3.05) is 6.54 Å². The number of rotatable bonds is 2. The van der Waals surface area contributed by atoms with Crippen LogP contribution in [0.1, 0.15) is 18.9 Å². The van der Waals surface area contributed by atoms with Crippen LogP contribution in [0.2, 0.25) is 0 Å². The molecule has 5 heteroatoms. The van der Waals surface area contributed by atoms with Crippen molar-refractivity contribution in [3.8, 4) is 11.8 Å². The van der Waals surface area contributed by atoms with Gasteiger partial charge in [-0.05, 0) is 18.2 Å². The minimum atomic E-state index is -0.0317. The van der Waals surface area contributed by atoms with E-state index in [0.717, 1.165) is 16.6 Å². The zero-order chi connectivity index (χ0) is 12.1. The maximum Gasteiger partial charge on any atom is 0.216 e. The highest BCUT2D eigenvalue weighted by Gasteiger charge is 1.96. The average molecular weight is 228 g/mol. The first-order valence-electron chi connectivity index (χ1n) is 5.29. The highest BCUT2D eigenvalue weighted by atomic mass is 16.1. The number of benzene rings is 1. The minimum Gasteiger partial charge on any atom is -0.355 e. The molecule has 0 atom stereocenters. The number of fused-ring (bicyclic) bond motifs is 1. The molecular formula is C12H12N4O. The van der Waals surface area contributed by atoms with E-state index < -0.39 is 0 Å². The molecule has 5 nitrogen and oxygen atoms in total. The van der Waals surface area contributed by atoms with E-state index in [-0.39, 0.29) is 5.91 Å². The lowest BCUT2D eigenvalue weighted by Gasteiger charge is -1.94. The number of aromatic amines is 1. The van der Waals surface area contributed by atoms with Crippen molar-refractivity contribution < 1.29 is 4.79 Å². The maximum atomic E-state index is 10.6. The van der Waals surface area contributed by atoms with E-state index >= 15 is 0 Å². The molecule has 0 aliphatic heterocycles. The molecule has 0 fully saturated rings. The number of carbonyl (C=O) groups is 1. The Morgan fingerprint density at radius 1 is 1.41 bits per heavy atom. The predicted octanol–water partition coefficient (Wildman–Crippen LogP) is 0.836. The first-order valence-corrected chi connectivity index (χ1v) is 5.29. The SMILES string of the molecule is CC(=O)NCCC#Cc1ccc2n[nH]nc2c1. The van der Waals surface area contributed by atoms with Crippen molar-refractivity contribution >= 4 is 16.9 Å². The Bertz CT molecular complexity index is 591. The van der Waals surface area contributed by atoms with Crippen LogP contribution in [0.5, 0.6) is 0 Å². The van der Waals surface area contributed by atoms with Crippen molar-refractivity contribution in [3.05, 3.63) is 23.8 Å². The van der Waals surface area contributed by atoms with E-state index in [0.29, 0.717) is 13.0 Å². The summed E-state index contributed by atoms with van der Waals surface area (Å²) < 4.78 is 0. The summed E-state index contributed by atoms with van der Waals surface area (Å²) in [7, 11) is 0. The van der Waals surface area contributed by atoms with Gasteiger partial charge in [-0.1, -0.05) is 11.8 Å². The van der Waals surface area contributed by atoms with E-state index in [1.807, 2.05) is 18.2 Å². The lowest BCUT2D eigenvalue weighted by atomic mass is 10.2. The Morgan fingerprint density at radius 2 is 2.24 bits per heavy atom. The first-order chi connectivity index (χ1) is 8.25. The van der Waals surface area contributed by atoms with Crippen LogP contribution in [0.3, 0.4) is 0 Å². The summed E-state index contributed by atoms with van der Waals surface area (Å²) in [5.74, 6) is 5.98. The number of nitrogens with zero attached hydrogens (tertiary/aromatic N) is 2. The van der Waals surface area contributed by atoms with Crippen molar-refractivity contribution in [3.63, 3.8) is 0 Å². The molecule has 0 radical (unpaired) electrons. The lowest BCUT2D eigenvalue weighted by Crippen LogP contribution is -2.20. The van der Waals surface area contributed by atoms with Gasteiger partial charge in [-0.25, -0.2) is 0 Å². The van der Waals surface area contributed by atoms with Gasteiger partial charge < -0.3 is 5.32 Å². The average Bonchev–Trinajstić information content (AvgIpc) is 2.75. The quantitative estimate of drug-likeness (QED) is 0.591. The van der Waals surface area contributed by atoms with Gasteiger partial charge in [0.05, 0.1) is 0 Å². The molecule has 17 heavy (non-hydrogen) atoms. The largest absolute Gasteiger partial charge is 0.355 e. The fourth-order valence-electron chi connectivity index (χ4n) is 1.38. The van der Waals surface area contributed by atoms with Gasteiger partial charge in [0, 0.05) is 25.5 Å². The van der Waals surface area contributed by atoms with Crippen LogP contribution in [-0.2, 0) is 4.79 Å². The van der Waals surface area contributed by atoms with Crippen LogP contribution in [0.4, 0.5) is 0 Å². The monoisotopic (exact) mass is 228 g/mol.